The highest BCUT2D eigenvalue weighted by atomic mass is 16.4. The highest BCUT2D eigenvalue weighted by Gasteiger charge is 2.20. The van der Waals surface area contributed by atoms with Crippen LogP contribution in [0.25, 0.3) is 0 Å². The van der Waals surface area contributed by atoms with Gasteiger partial charge in [0, 0.05) is 19.2 Å². The molecule has 1 aliphatic rings. The molecule has 0 aliphatic heterocycles. The lowest BCUT2D eigenvalue weighted by atomic mass is 9.89. The fourth-order valence-corrected chi connectivity index (χ4v) is 2.52. The normalized spacial score (nSPS) is 17.6. The van der Waals surface area contributed by atoms with Gasteiger partial charge in [-0.15, -0.1) is 0 Å². The van der Waals surface area contributed by atoms with Crippen molar-refractivity contribution in [3.05, 3.63) is 17.7 Å². The monoisotopic (exact) mass is 222 g/mol. The number of rotatable bonds is 3. The molecule has 4 nitrogen and oxygen atoms in total. The molecule has 1 saturated carbocycles. The number of carbonyl (C=O) groups is 1. The van der Waals surface area contributed by atoms with E-state index in [1.54, 1.807) is 0 Å². The van der Waals surface area contributed by atoms with Crippen molar-refractivity contribution in [1.29, 1.82) is 0 Å². The molecule has 0 radical (unpaired) electrons. The van der Waals surface area contributed by atoms with Crippen LogP contribution in [-0.2, 0) is 18.3 Å². The van der Waals surface area contributed by atoms with E-state index in [0.717, 1.165) is 5.82 Å². The van der Waals surface area contributed by atoms with Gasteiger partial charge < -0.3 is 9.67 Å². The van der Waals surface area contributed by atoms with Crippen LogP contribution in [-0.4, -0.2) is 20.6 Å². The first-order valence-corrected chi connectivity index (χ1v) is 5.90. The smallest absolute Gasteiger partial charge is 0.309 e. The van der Waals surface area contributed by atoms with Crippen LogP contribution in [0.3, 0.4) is 0 Å². The van der Waals surface area contributed by atoms with Crippen molar-refractivity contribution in [3.63, 3.8) is 0 Å². The van der Waals surface area contributed by atoms with Crippen LogP contribution in [0.15, 0.2) is 6.20 Å². The fraction of sp³-hybridized carbons (Fsp3) is 0.667. The molecule has 0 unspecified atom stereocenters. The number of hydrogen-bond acceptors (Lipinski definition) is 2. The lowest BCUT2D eigenvalue weighted by molar-refractivity contribution is -0.136. The summed E-state index contributed by atoms with van der Waals surface area (Å²) in [6.07, 6.45) is 8.12. The van der Waals surface area contributed by atoms with Crippen LogP contribution < -0.4 is 0 Å². The SMILES string of the molecule is Cn1cc(CC(=O)O)nc1C1CCCCC1. The third kappa shape index (κ3) is 2.43. The Morgan fingerprint density at radius 2 is 2.19 bits per heavy atom. The molecule has 0 amide bonds. The minimum absolute atomic E-state index is 0.0283. The number of hydrogen-bond donors (Lipinski definition) is 1. The second-order valence-corrected chi connectivity index (χ2v) is 4.61. The van der Waals surface area contributed by atoms with E-state index in [2.05, 4.69) is 4.98 Å². The van der Waals surface area contributed by atoms with Gasteiger partial charge in [0.1, 0.15) is 5.82 Å². The molecule has 88 valence electrons. The number of aryl methyl sites for hydroxylation is 1. The van der Waals surface area contributed by atoms with Gasteiger partial charge >= 0.3 is 5.97 Å². The Hall–Kier alpha value is -1.32. The van der Waals surface area contributed by atoms with Gasteiger partial charge in [0.2, 0.25) is 0 Å². The number of imidazole rings is 1. The summed E-state index contributed by atoms with van der Waals surface area (Å²) in [5.74, 6) is 0.783. The number of nitrogens with zero attached hydrogens (tertiary/aromatic N) is 2. The van der Waals surface area contributed by atoms with Gasteiger partial charge in [0.25, 0.3) is 0 Å². The first-order chi connectivity index (χ1) is 7.66. The Balaban J connectivity index is 2.13. The average Bonchev–Trinajstić information content (AvgIpc) is 2.60. The van der Waals surface area contributed by atoms with Crippen molar-refractivity contribution in [3.8, 4) is 0 Å². The van der Waals surface area contributed by atoms with Gasteiger partial charge in [-0.2, -0.15) is 0 Å². The van der Waals surface area contributed by atoms with Crippen molar-refractivity contribution in [2.75, 3.05) is 0 Å². The Kier molecular flexibility index (Phi) is 3.27. The highest BCUT2D eigenvalue weighted by molar-refractivity contribution is 5.69. The summed E-state index contributed by atoms with van der Waals surface area (Å²) in [5, 5.41) is 8.73. The maximum absolute atomic E-state index is 10.6. The van der Waals surface area contributed by atoms with Gasteiger partial charge in [-0.3, -0.25) is 4.79 Å². The van der Waals surface area contributed by atoms with E-state index in [-0.39, 0.29) is 6.42 Å². The van der Waals surface area contributed by atoms with Crippen LogP contribution in [0.4, 0.5) is 0 Å². The predicted molar refractivity (Wildman–Crippen MR) is 60.4 cm³/mol. The minimum Gasteiger partial charge on any atom is -0.481 e. The molecule has 2 rings (SSSR count). The van der Waals surface area contributed by atoms with Crippen LogP contribution in [0.2, 0.25) is 0 Å². The molecule has 1 aromatic heterocycles. The van der Waals surface area contributed by atoms with Crippen molar-refractivity contribution in [2.45, 2.75) is 44.4 Å². The molecule has 1 fully saturated rings. The predicted octanol–water partition coefficient (Wildman–Crippen LogP) is 2.09. The van der Waals surface area contributed by atoms with E-state index in [1.807, 2.05) is 17.8 Å². The molecular formula is C12H18N2O2. The number of carboxylic acids is 1. The van der Waals surface area contributed by atoms with E-state index in [9.17, 15) is 4.79 Å². The maximum atomic E-state index is 10.6. The summed E-state index contributed by atoms with van der Waals surface area (Å²) in [6.45, 7) is 0. The van der Waals surface area contributed by atoms with Crippen LogP contribution in [0.5, 0.6) is 0 Å². The summed E-state index contributed by atoms with van der Waals surface area (Å²) < 4.78 is 1.99. The lowest BCUT2D eigenvalue weighted by Gasteiger charge is -2.20. The Labute approximate surface area is 95.3 Å². The second-order valence-electron chi connectivity index (χ2n) is 4.61. The summed E-state index contributed by atoms with van der Waals surface area (Å²) in [6, 6.07) is 0. The van der Waals surface area contributed by atoms with E-state index < -0.39 is 5.97 Å². The lowest BCUT2D eigenvalue weighted by Crippen LogP contribution is -2.10. The standard InChI is InChI=1S/C12H18N2O2/c1-14-8-10(7-11(15)16)13-12(14)9-5-3-2-4-6-9/h8-9H,2-7H2,1H3,(H,15,16). The van der Waals surface area contributed by atoms with Crippen LogP contribution in [0.1, 0.15) is 49.5 Å². The molecule has 0 atom stereocenters. The van der Waals surface area contributed by atoms with Crippen molar-refractivity contribution < 1.29 is 9.90 Å². The number of aromatic nitrogens is 2. The van der Waals surface area contributed by atoms with Crippen LogP contribution in [0, 0.1) is 0 Å². The Bertz CT molecular complexity index is 378. The van der Waals surface area contributed by atoms with Gasteiger partial charge in [0.15, 0.2) is 0 Å². The number of carboxylic acid groups (broad SMARTS) is 1. The first kappa shape index (κ1) is 11.2. The zero-order valence-electron chi connectivity index (χ0n) is 9.65. The average molecular weight is 222 g/mol. The van der Waals surface area contributed by atoms with E-state index >= 15 is 0 Å². The molecule has 0 saturated heterocycles. The molecule has 1 aliphatic carbocycles. The molecule has 1 N–H and O–H groups in total. The van der Waals surface area contributed by atoms with Gasteiger partial charge in [0.05, 0.1) is 12.1 Å². The first-order valence-electron chi connectivity index (χ1n) is 5.90. The zero-order chi connectivity index (χ0) is 11.5. The van der Waals surface area contributed by atoms with Crippen molar-refractivity contribution in [2.24, 2.45) is 7.05 Å². The summed E-state index contributed by atoms with van der Waals surface area (Å²) >= 11 is 0. The third-order valence-corrected chi connectivity index (χ3v) is 3.26. The van der Waals surface area contributed by atoms with Crippen molar-refractivity contribution in [1.82, 2.24) is 9.55 Å². The quantitative estimate of drug-likeness (QED) is 0.852. The maximum Gasteiger partial charge on any atom is 0.309 e. The van der Waals surface area contributed by atoms with Gasteiger partial charge in [-0.25, -0.2) is 4.98 Å². The molecule has 16 heavy (non-hydrogen) atoms. The molecule has 1 heterocycles. The molecule has 0 bridgehead atoms. The fourth-order valence-electron chi connectivity index (χ4n) is 2.52. The van der Waals surface area contributed by atoms with Gasteiger partial charge in [-0.05, 0) is 12.8 Å². The van der Waals surface area contributed by atoms with Crippen molar-refractivity contribution >= 4 is 5.97 Å². The van der Waals surface area contributed by atoms with Gasteiger partial charge in [-0.1, -0.05) is 19.3 Å². The minimum atomic E-state index is -0.812. The Morgan fingerprint density at radius 3 is 2.81 bits per heavy atom. The summed E-state index contributed by atoms with van der Waals surface area (Å²) in [7, 11) is 1.96. The molecular weight excluding hydrogens is 204 g/mol. The second kappa shape index (κ2) is 4.68. The number of aliphatic carboxylic acids is 1. The Morgan fingerprint density at radius 1 is 1.50 bits per heavy atom. The third-order valence-electron chi connectivity index (χ3n) is 3.26. The van der Waals surface area contributed by atoms with E-state index in [1.165, 1.54) is 32.1 Å². The molecule has 1 aromatic rings. The van der Waals surface area contributed by atoms with Crippen LogP contribution >= 0.6 is 0 Å². The molecule has 4 heteroatoms. The summed E-state index contributed by atoms with van der Waals surface area (Å²) in [5.41, 5.74) is 0.676. The molecule has 0 spiro atoms. The zero-order valence-corrected chi connectivity index (χ0v) is 9.65. The summed E-state index contributed by atoms with van der Waals surface area (Å²) in [4.78, 5) is 15.1. The highest BCUT2D eigenvalue weighted by Crippen LogP contribution is 2.31. The van der Waals surface area contributed by atoms with E-state index in [4.69, 9.17) is 5.11 Å². The largest absolute Gasteiger partial charge is 0.481 e. The van der Waals surface area contributed by atoms with E-state index in [0.29, 0.717) is 11.6 Å². The topological polar surface area (TPSA) is 55.1 Å². The molecule has 0 aromatic carbocycles.